The van der Waals surface area contributed by atoms with Gasteiger partial charge in [0.25, 0.3) is 0 Å². The number of nitrogens with one attached hydrogen (secondary N) is 1. The summed E-state index contributed by atoms with van der Waals surface area (Å²) < 4.78 is 5.90. The third kappa shape index (κ3) is 3.08. The monoisotopic (exact) mass is 330 g/mol. The zero-order chi connectivity index (χ0) is 17.1. The first-order valence-electron chi connectivity index (χ1n) is 8.25. The van der Waals surface area contributed by atoms with Crippen LogP contribution in [0.4, 0.5) is 5.82 Å². The first-order valence-corrected chi connectivity index (χ1v) is 8.25. The summed E-state index contributed by atoms with van der Waals surface area (Å²) >= 11 is 0. The van der Waals surface area contributed by atoms with Gasteiger partial charge in [-0.05, 0) is 19.1 Å². The summed E-state index contributed by atoms with van der Waals surface area (Å²) in [6, 6.07) is 18.0. The molecule has 0 amide bonds. The summed E-state index contributed by atoms with van der Waals surface area (Å²) in [6.45, 7) is 3.11. The van der Waals surface area contributed by atoms with E-state index in [0.29, 0.717) is 13.2 Å². The van der Waals surface area contributed by atoms with Crippen LogP contribution >= 0.6 is 0 Å². The van der Waals surface area contributed by atoms with Gasteiger partial charge in [0.1, 0.15) is 17.9 Å². The Morgan fingerprint density at radius 3 is 2.68 bits per heavy atom. The van der Waals surface area contributed by atoms with Crippen molar-refractivity contribution in [2.75, 3.05) is 18.5 Å². The summed E-state index contributed by atoms with van der Waals surface area (Å²) in [4.78, 5) is 4.40. The van der Waals surface area contributed by atoms with Crippen molar-refractivity contribution in [3.05, 3.63) is 66.5 Å². The molecule has 2 aromatic carbocycles. The van der Waals surface area contributed by atoms with Crippen LogP contribution in [0.2, 0.25) is 0 Å². The standard InChI is InChI=1S/C20H18N4O/c1-14-16-8-2-3-9-17(16)20(24-23-14)22-12-13-25-18-10-4-6-15-7-5-11-21-19(15)18/h2-11H,12-13H2,1H3,(H,22,24). The highest BCUT2D eigenvalue weighted by Gasteiger charge is 2.06. The SMILES string of the molecule is Cc1nnc(NCCOc2cccc3cccnc23)c2ccccc12. The molecule has 0 spiro atoms. The van der Waals surface area contributed by atoms with E-state index in [1.165, 1.54) is 0 Å². The molecule has 2 heterocycles. The van der Waals surface area contributed by atoms with Gasteiger partial charge in [-0.15, -0.1) is 5.10 Å². The molecule has 0 radical (unpaired) electrons. The maximum atomic E-state index is 5.90. The summed E-state index contributed by atoms with van der Waals surface area (Å²) in [5.41, 5.74) is 1.81. The van der Waals surface area contributed by atoms with E-state index < -0.39 is 0 Å². The van der Waals surface area contributed by atoms with Crippen LogP contribution in [0.25, 0.3) is 21.7 Å². The molecular formula is C20H18N4O. The molecule has 0 saturated heterocycles. The van der Waals surface area contributed by atoms with Crippen LogP contribution in [0.1, 0.15) is 5.69 Å². The number of rotatable bonds is 5. The van der Waals surface area contributed by atoms with Crippen molar-refractivity contribution in [1.82, 2.24) is 15.2 Å². The molecule has 5 heteroatoms. The molecule has 124 valence electrons. The predicted octanol–water partition coefficient (Wildman–Crippen LogP) is 3.98. The van der Waals surface area contributed by atoms with E-state index in [1.54, 1.807) is 6.20 Å². The Balaban J connectivity index is 1.46. The topological polar surface area (TPSA) is 59.9 Å². The van der Waals surface area contributed by atoms with Gasteiger partial charge < -0.3 is 10.1 Å². The summed E-state index contributed by atoms with van der Waals surface area (Å²) in [5.74, 6) is 1.57. The van der Waals surface area contributed by atoms with Gasteiger partial charge in [-0.2, -0.15) is 5.10 Å². The number of benzene rings is 2. The van der Waals surface area contributed by atoms with E-state index in [-0.39, 0.29) is 0 Å². The minimum absolute atomic E-state index is 0.513. The predicted molar refractivity (Wildman–Crippen MR) is 100 cm³/mol. The van der Waals surface area contributed by atoms with Crippen LogP contribution in [0, 0.1) is 6.92 Å². The Bertz CT molecular complexity index is 1030. The van der Waals surface area contributed by atoms with Crippen molar-refractivity contribution in [2.24, 2.45) is 0 Å². The molecule has 0 saturated carbocycles. The van der Waals surface area contributed by atoms with Gasteiger partial charge in [0.15, 0.2) is 5.82 Å². The summed E-state index contributed by atoms with van der Waals surface area (Å²) in [7, 11) is 0. The average molecular weight is 330 g/mol. The fourth-order valence-corrected chi connectivity index (χ4v) is 2.89. The van der Waals surface area contributed by atoms with Gasteiger partial charge in [-0.1, -0.05) is 42.5 Å². The number of aryl methyl sites for hydroxylation is 1. The number of nitrogens with zero attached hydrogens (tertiary/aromatic N) is 3. The Morgan fingerprint density at radius 1 is 0.920 bits per heavy atom. The fourth-order valence-electron chi connectivity index (χ4n) is 2.89. The molecule has 4 aromatic rings. The second-order valence-corrected chi connectivity index (χ2v) is 5.79. The molecule has 0 bridgehead atoms. The molecular weight excluding hydrogens is 312 g/mol. The van der Waals surface area contributed by atoms with Crippen LogP contribution in [0.5, 0.6) is 5.75 Å². The van der Waals surface area contributed by atoms with Crippen LogP contribution in [-0.2, 0) is 0 Å². The molecule has 2 aromatic heterocycles. The highest BCUT2D eigenvalue weighted by Crippen LogP contribution is 2.24. The first-order chi connectivity index (χ1) is 12.3. The number of hydrogen-bond acceptors (Lipinski definition) is 5. The lowest BCUT2D eigenvalue weighted by molar-refractivity contribution is 0.336. The van der Waals surface area contributed by atoms with Crippen molar-refractivity contribution in [2.45, 2.75) is 6.92 Å². The summed E-state index contributed by atoms with van der Waals surface area (Å²) in [5, 5.41) is 15.1. The van der Waals surface area contributed by atoms with Crippen molar-refractivity contribution >= 4 is 27.5 Å². The van der Waals surface area contributed by atoms with E-state index in [2.05, 4.69) is 32.6 Å². The number of hydrogen-bond donors (Lipinski definition) is 1. The smallest absolute Gasteiger partial charge is 0.156 e. The maximum absolute atomic E-state index is 5.90. The van der Waals surface area contributed by atoms with Gasteiger partial charge >= 0.3 is 0 Å². The third-order valence-electron chi connectivity index (χ3n) is 4.12. The lowest BCUT2D eigenvalue weighted by atomic mass is 10.1. The first kappa shape index (κ1) is 15.3. The van der Waals surface area contributed by atoms with Crippen LogP contribution < -0.4 is 10.1 Å². The van der Waals surface area contributed by atoms with E-state index >= 15 is 0 Å². The zero-order valence-electron chi connectivity index (χ0n) is 13.9. The summed E-state index contributed by atoms with van der Waals surface area (Å²) in [6.07, 6.45) is 1.78. The number of pyridine rings is 1. The average Bonchev–Trinajstić information content (AvgIpc) is 2.67. The largest absolute Gasteiger partial charge is 0.489 e. The normalized spacial score (nSPS) is 10.9. The minimum atomic E-state index is 0.513. The maximum Gasteiger partial charge on any atom is 0.156 e. The number of ether oxygens (including phenoxy) is 1. The molecule has 25 heavy (non-hydrogen) atoms. The fraction of sp³-hybridized carbons (Fsp3) is 0.150. The van der Waals surface area contributed by atoms with Gasteiger partial charge in [-0.25, -0.2) is 0 Å². The molecule has 1 N–H and O–H groups in total. The second-order valence-electron chi connectivity index (χ2n) is 5.79. The Labute approximate surface area is 145 Å². The lowest BCUT2D eigenvalue weighted by Gasteiger charge is -2.11. The number of aromatic nitrogens is 3. The Morgan fingerprint density at radius 2 is 1.76 bits per heavy atom. The molecule has 0 unspecified atom stereocenters. The quantitative estimate of drug-likeness (QED) is 0.561. The lowest BCUT2D eigenvalue weighted by Crippen LogP contribution is -2.13. The molecule has 0 aliphatic rings. The van der Waals surface area contributed by atoms with E-state index in [4.69, 9.17) is 4.74 Å². The Kier molecular flexibility index (Phi) is 4.12. The van der Waals surface area contributed by atoms with Crippen LogP contribution in [0.15, 0.2) is 60.8 Å². The molecule has 0 atom stereocenters. The highest BCUT2D eigenvalue weighted by atomic mass is 16.5. The van der Waals surface area contributed by atoms with Gasteiger partial charge in [0.05, 0.1) is 12.2 Å². The minimum Gasteiger partial charge on any atom is -0.489 e. The molecule has 0 aliphatic heterocycles. The van der Waals surface area contributed by atoms with Gasteiger partial charge in [0.2, 0.25) is 0 Å². The van der Waals surface area contributed by atoms with Crippen molar-refractivity contribution in [1.29, 1.82) is 0 Å². The van der Waals surface area contributed by atoms with Crippen molar-refractivity contribution in [3.8, 4) is 5.75 Å². The number of fused-ring (bicyclic) bond motifs is 2. The number of anilines is 1. The van der Waals surface area contributed by atoms with Gasteiger partial charge in [0, 0.05) is 22.4 Å². The molecule has 5 nitrogen and oxygen atoms in total. The highest BCUT2D eigenvalue weighted by molar-refractivity contribution is 5.92. The zero-order valence-corrected chi connectivity index (χ0v) is 13.9. The molecule has 0 fully saturated rings. The van der Waals surface area contributed by atoms with E-state index in [9.17, 15) is 0 Å². The second kappa shape index (κ2) is 6.73. The van der Waals surface area contributed by atoms with Crippen molar-refractivity contribution in [3.63, 3.8) is 0 Å². The third-order valence-corrected chi connectivity index (χ3v) is 4.12. The van der Waals surface area contributed by atoms with Gasteiger partial charge in [-0.3, -0.25) is 4.98 Å². The van der Waals surface area contributed by atoms with E-state index in [0.717, 1.165) is 38.9 Å². The number of para-hydroxylation sites is 1. The van der Waals surface area contributed by atoms with Crippen LogP contribution in [0.3, 0.4) is 0 Å². The molecule has 4 rings (SSSR count). The van der Waals surface area contributed by atoms with Crippen LogP contribution in [-0.4, -0.2) is 28.3 Å². The Hall–Kier alpha value is -3.21. The van der Waals surface area contributed by atoms with Crippen molar-refractivity contribution < 1.29 is 4.74 Å². The molecule has 0 aliphatic carbocycles. The van der Waals surface area contributed by atoms with E-state index in [1.807, 2.05) is 49.4 Å².